The van der Waals surface area contributed by atoms with E-state index in [1.54, 1.807) is 0 Å². The van der Waals surface area contributed by atoms with E-state index in [1.807, 2.05) is 6.92 Å². The molecule has 2 aliphatic rings. The van der Waals surface area contributed by atoms with Gasteiger partial charge >= 0.3 is 5.97 Å². The highest BCUT2D eigenvalue weighted by atomic mass is 19.3. The van der Waals surface area contributed by atoms with E-state index >= 15 is 0 Å². The van der Waals surface area contributed by atoms with Gasteiger partial charge in [-0.05, 0) is 43.7 Å². The predicted molar refractivity (Wildman–Crippen MR) is 68.3 cm³/mol. The number of likely N-dealkylation sites (tertiary alicyclic amines) is 1. The fourth-order valence-electron chi connectivity index (χ4n) is 3.42. The van der Waals surface area contributed by atoms with Gasteiger partial charge in [-0.2, -0.15) is 0 Å². The second kappa shape index (κ2) is 5.73. The highest BCUT2D eigenvalue weighted by Crippen LogP contribution is 2.59. The summed E-state index contributed by atoms with van der Waals surface area (Å²) < 4.78 is 24.8. The van der Waals surface area contributed by atoms with Gasteiger partial charge in [-0.15, -0.1) is 0 Å². The molecule has 2 fully saturated rings. The summed E-state index contributed by atoms with van der Waals surface area (Å²) in [5.41, 5.74) is 0.0345. The zero-order valence-corrected chi connectivity index (χ0v) is 11.4. The molecule has 0 bridgehead atoms. The van der Waals surface area contributed by atoms with Crippen LogP contribution in [0.2, 0.25) is 0 Å². The molecular formula is C14H23F2NO2. The number of carbonyl (C=O) groups is 1. The molecule has 110 valence electrons. The van der Waals surface area contributed by atoms with Crippen molar-refractivity contribution in [3.05, 3.63) is 0 Å². The van der Waals surface area contributed by atoms with E-state index in [1.165, 1.54) is 0 Å². The standard InChI is InChI=1S/C14H23F2NO2/c1-2-10(7-12(15)16)9-17-5-3-14(4-6-17)8-11(14)13(18)19/h10-12H,2-9H2,1H3,(H,18,19). The fraction of sp³-hybridized carbons (Fsp3) is 0.929. The molecule has 1 saturated heterocycles. The lowest BCUT2D eigenvalue weighted by Gasteiger charge is -2.34. The molecule has 1 heterocycles. The number of alkyl halides is 2. The van der Waals surface area contributed by atoms with Crippen molar-refractivity contribution in [2.75, 3.05) is 19.6 Å². The van der Waals surface area contributed by atoms with Crippen molar-refractivity contribution < 1.29 is 18.7 Å². The summed E-state index contributed by atoms with van der Waals surface area (Å²) in [7, 11) is 0. The quantitative estimate of drug-likeness (QED) is 0.810. The van der Waals surface area contributed by atoms with E-state index in [0.29, 0.717) is 0 Å². The minimum atomic E-state index is -2.22. The van der Waals surface area contributed by atoms with Gasteiger partial charge in [-0.25, -0.2) is 8.78 Å². The molecular weight excluding hydrogens is 252 g/mol. The predicted octanol–water partition coefficient (Wildman–Crippen LogP) is 2.85. The van der Waals surface area contributed by atoms with Crippen LogP contribution in [0, 0.1) is 17.3 Å². The third-order valence-electron chi connectivity index (χ3n) is 4.94. The van der Waals surface area contributed by atoms with E-state index in [9.17, 15) is 13.6 Å². The lowest BCUT2D eigenvalue weighted by Crippen LogP contribution is -2.39. The SMILES string of the molecule is CCC(CC(F)F)CN1CCC2(CC1)CC2C(=O)O. The first-order valence-corrected chi connectivity index (χ1v) is 7.20. The lowest BCUT2D eigenvalue weighted by molar-refractivity contribution is -0.139. The van der Waals surface area contributed by atoms with Crippen LogP contribution in [0.5, 0.6) is 0 Å². The first-order valence-electron chi connectivity index (χ1n) is 7.20. The molecule has 3 nitrogen and oxygen atoms in total. The Labute approximate surface area is 113 Å². The molecule has 5 heteroatoms. The van der Waals surface area contributed by atoms with Crippen LogP contribution in [0.1, 0.15) is 39.0 Å². The fourth-order valence-corrected chi connectivity index (χ4v) is 3.42. The zero-order valence-electron chi connectivity index (χ0n) is 11.4. The molecule has 1 N–H and O–H groups in total. The van der Waals surface area contributed by atoms with Crippen LogP contribution in [0.4, 0.5) is 8.78 Å². The molecule has 0 aromatic rings. The Morgan fingerprint density at radius 2 is 2.05 bits per heavy atom. The average molecular weight is 275 g/mol. The molecule has 1 aliphatic heterocycles. The van der Waals surface area contributed by atoms with E-state index in [2.05, 4.69) is 4.90 Å². The van der Waals surface area contributed by atoms with Gasteiger partial charge in [0.1, 0.15) is 0 Å². The summed E-state index contributed by atoms with van der Waals surface area (Å²) in [4.78, 5) is 13.2. The normalized spacial score (nSPS) is 27.7. The van der Waals surface area contributed by atoms with Crippen molar-refractivity contribution in [1.82, 2.24) is 4.90 Å². The van der Waals surface area contributed by atoms with Crippen LogP contribution in [-0.2, 0) is 4.79 Å². The maximum Gasteiger partial charge on any atom is 0.307 e. The van der Waals surface area contributed by atoms with Crippen LogP contribution < -0.4 is 0 Å². The minimum Gasteiger partial charge on any atom is -0.481 e. The summed E-state index contributed by atoms with van der Waals surface area (Å²) in [6.45, 7) is 4.42. The van der Waals surface area contributed by atoms with E-state index in [0.717, 1.165) is 45.3 Å². The number of aliphatic carboxylic acids is 1. The Kier molecular flexibility index (Phi) is 4.43. The highest BCUT2D eigenvalue weighted by Gasteiger charge is 2.58. The van der Waals surface area contributed by atoms with Crippen LogP contribution in [0.3, 0.4) is 0 Å². The minimum absolute atomic E-state index is 0.0180. The number of halogens is 2. The Balaban J connectivity index is 1.76. The molecule has 1 saturated carbocycles. The summed E-state index contributed by atoms with van der Waals surface area (Å²) in [5, 5.41) is 9.02. The van der Waals surface area contributed by atoms with E-state index in [-0.39, 0.29) is 23.7 Å². The number of carboxylic acid groups (broad SMARTS) is 1. The van der Waals surface area contributed by atoms with Gasteiger partial charge in [0.05, 0.1) is 5.92 Å². The molecule has 1 aliphatic carbocycles. The summed E-state index contributed by atoms with van der Waals surface area (Å²) in [5.74, 6) is -0.765. The maximum absolute atomic E-state index is 12.4. The van der Waals surface area contributed by atoms with Crippen molar-refractivity contribution in [3.63, 3.8) is 0 Å². The molecule has 2 unspecified atom stereocenters. The topological polar surface area (TPSA) is 40.5 Å². The van der Waals surface area contributed by atoms with Crippen LogP contribution >= 0.6 is 0 Å². The van der Waals surface area contributed by atoms with Gasteiger partial charge < -0.3 is 10.0 Å². The number of rotatable bonds is 6. The summed E-state index contributed by atoms with van der Waals surface area (Å²) in [6.07, 6.45) is 1.18. The number of hydrogen-bond donors (Lipinski definition) is 1. The van der Waals surface area contributed by atoms with Crippen LogP contribution in [-0.4, -0.2) is 42.0 Å². The Morgan fingerprint density at radius 1 is 1.42 bits per heavy atom. The summed E-state index contributed by atoms with van der Waals surface area (Å²) >= 11 is 0. The van der Waals surface area contributed by atoms with Crippen molar-refractivity contribution >= 4 is 5.97 Å². The van der Waals surface area contributed by atoms with E-state index < -0.39 is 12.4 Å². The number of nitrogens with zero attached hydrogens (tertiary/aromatic N) is 1. The first-order chi connectivity index (χ1) is 8.97. The highest BCUT2D eigenvalue weighted by molar-refractivity contribution is 5.74. The van der Waals surface area contributed by atoms with Crippen molar-refractivity contribution in [2.45, 2.75) is 45.5 Å². The smallest absolute Gasteiger partial charge is 0.307 e. The Morgan fingerprint density at radius 3 is 2.47 bits per heavy atom. The van der Waals surface area contributed by atoms with E-state index in [4.69, 9.17) is 5.11 Å². The number of piperidine rings is 1. The number of hydrogen-bond acceptors (Lipinski definition) is 2. The molecule has 0 amide bonds. The second-order valence-electron chi connectivity index (χ2n) is 6.16. The van der Waals surface area contributed by atoms with Crippen molar-refractivity contribution in [2.24, 2.45) is 17.3 Å². The average Bonchev–Trinajstić information content (AvgIpc) is 3.05. The van der Waals surface area contributed by atoms with Crippen molar-refractivity contribution in [3.8, 4) is 0 Å². The Hall–Kier alpha value is -0.710. The van der Waals surface area contributed by atoms with Crippen LogP contribution in [0.15, 0.2) is 0 Å². The maximum atomic E-state index is 12.4. The third kappa shape index (κ3) is 3.44. The molecule has 0 aromatic heterocycles. The molecule has 1 spiro atoms. The largest absolute Gasteiger partial charge is 0.481 e. The summed E-state index contributed by atoms with van der Waals surface area (Å²) in [6, 6.07) is 0. The Bertz CT molecular complexity index is 327. The van der Waals surface area contributed by atoms with Crippen molar-refractivity contribution in [1.29, 1.82) is 0 Å². The molecule has 0 aromatic carbocycles. The third-order valence-corrected chi connectivity index (χ3v) is 4.94. The number of carboxylic acids is 1. The monoisotopic (exact) mass is 275 g/mol. The molecule has 2 rings (SSSR count). The lowest BCUT2D eigenvalue weighted by atomic mass is 9.90. The van der Waals surface area contributed by atoms with Gasteiger partial charge in [0.2, 0.25) is 6.43 Å². The zero-order chi connectivity index (χ0) is 14.0. The molecule has 19 heavy (non-hydrogen) atoms. The van der Waals surface area contributed by atoms with Crippen LogP contribution in [0.25, 0.3) is 0 Å². The van der Waals surface area contributed by atoms with Gasteiger partial charge in [0.15, 0.2) is 0 Å². The second-order valence-corrected chi connectivity index (χ2v) is 6.16. The van der Waals surface area contributed by atoms with Gasteiger partial charge in [0.25, 0.3) is 0 Å². The van der Waals surface area contributed by atoms with Gasteiger partial charge in [-0.1, -0.05) is 13.3 Å². The molecule has 2 atom stereocenters. The molecule has 0 radical (unpaired) electrons. The van der Waals surface area contributed by atoms with Gasteiger partial charge in [-0.3, -0.25) is 4.79 Å². The van der Waals surface area contributed by atoms with Gasteiger partial charge in [0, 0.05) is 13.0 Å². The first kappa shape index (κ1) is 14.7.